The molecule has 0 radical (unpaired) electrons. The first kappa shape index (κ1) is 22.2. The molecule has 31 heavy (non-hydrogen) atoms. The molecule has 164 valence electrons. The van der Waals surface area contributed by atoms with E-state index in [4.69, 9.17) is 0 Å². The smallest absolute Gasteiger partial charge is 0.313 e. The highest BCUT2D eigenvalue weighted by Gasteiger charge is 2.19. The van der Waals surface area contributed by atoms with Crippen LogP contribution in [0.3, 0.4) is 0 Å². The fourth-order valence-electron chi connectivity index (χ4n) is 3.39. The van der Waals surface area contributed by atoms with Gasteiger partial charge in [-0.2, -0.15) is 0 Å². The maximum atomic E-state index is 13.9. The van der Waals surface area contributed by atoms with Gasteiger partial charge in [0.25, 0.3) is 5.69 Å². The molecule has 1 heterocycles. The van der Waals surface area contributed by atoms with Crippen LogP contribution in [0.2, 0.25) is 0 Å². The number of benzene rings is 2. The number of hydrogen-bond donors (Lipinski definition) is 2. The lowest BCUT2D eigenvalue weighted by Gasteiger charge is -2.36. The van der Waals surface area contributed by atoms with Gasteiger partial charge < -0.3 is 15.5 Å². The van der Waals surface area contributed by atoms with E-state index < -0.39 is 16.7 Å². The molecule has 2 amide bonds. The molecule has 0 aliphatic carbocycles. The number of piperazine rings is 1. The average molecular weight is 429 g/mol. The van der Waals surface area contributed by atoms with Crippen molar-refractivity contribution >= 4 is 28.9 Å². The first-order valence-electron chi connectivity index (χ1n) is 9.99. The number of hydrogen-bond acceptors (Lipinski definition) is 6. The first-order valence-corrected chi connectivity index (χ1v) is 9.99. The van der Waals surface area contributed by atoms with E-state index >= 15 is 0 Å². The largest absolute Gasteiger partial charge is 0.367 e. The Labute approximate surface area is 179 Å². The van der Waals surface area contributed by atoms with E-state index in [-0.39, 0.29) is 17.2 Å². The molecule has 0 bridgehead atoms. The van der Waals surface area contributed by atoms with Crippen LogP contribution in [0.25, 0.3) is 0 Å². The molecule has 0 unspecified atom stereocenters. The molecular formula is C21H24FN5O4. The van der Waals surface area contributed by atoms with Gasteiger partial charge in [-0.1, -0.05) is 18.2 Å². The van der Waals surface area contributed by atoms with Crippen LogP contribution in [0.4, 0.5) is 21.5 Å². The number of amides is 2. The zero-order valence-corrected chi connectivity index (χ0v) is 16.9. The summed E-state index contributed by atoms with van der Waals surface area (Å²) in [4.78, 5) is 38.3. The number of nitrogens with one attached hydrogen (secondary N) is 2. The Balaban J connectivity index is 1.35. The number of carbonyl (C=O) groups is 2. The summed E-state index contributed by atoms with van der Waals surface area (Å²) in [5.41, 5.74) is 0.625. The van der Waals surface area contributed by atoms with E-state index in [1.165, 1.54) is 30.3 Å². The monoisotopic (exact) mass is 429 g/mol. The fraction of sp³-hybridized carbons (Fsp3) is 0.333. The summed E-state index contributed by atoms with van der Waals surface area (Å²) in [7, 11) is 0. The summed E-state index contributed by atoms with van der Waals surface area (Å²) in [6.07, 6.45) is 0.662. The fourth-order valence-corrected chi connectivity index (χ4v) is 3.39. The van der Waals surface area contributed by atoms with E-state index in [9.17, 15) is 24.1 Å². The van der Waals surface area contributed by atoms with Gasteiger partial charge in [0.15, 0.2) is 0 Å². The topological polar surface area (TPSA) is 108 Å². The number of nitro benzene ring substituents is 1. The number of anilines is 2. The number of nitro groups is 1. The van der Waals surface area contributed by atoms with Gasteiger partial charge in [-0.25, -0.2) is 4.39 Å². The SMILES string of the molecule is O=C(NCCCN1CCN(c2ccccc2F)CC1)C(=O)Nc1cccc([N+](=O)[O-])c1. The lowest BCUT2D eigenvalue weighted by molar-refractivity contribution is -0.384. The summed E-state index contributed by atoms with van der Waals surface area (Å²) < 4.78 is 13.9. The van der Waals surface area contributed by atoms with Crippen molar-refractivity contribution in [1.29, 1.82) is 0 Å². The Hall–Kier alpha value is -3.53. The van der Waals surface area contributed by atoms with E-state index in [2.05, 4.69) is 15.5 Å². The lowest BCUT2D eigenvalue weighted by atomic mass is 10.2. The molecular weight excluding hydrogens is 405 g/mol. The second kappa shape index (κ2) is 10.5. The first-order chi connectivity index (χ1) is 14.9. The zero-order valence-electron chi connectivity index (χ0n) is 16.9. The number of halogens is 1. The molecule has 0 saturated carbocycles. The Morgan fingerprint density at radius 3 is 2.48 bits per heavy atom. The quantitative estimate of drug-likeness (QED) is 0.302. The van der Waals surface area contributed by atoms with Crippen LogP contribution in [0, 0.1) is 15.9 Å². The van der Waals surface area contributed by atoms with Gasteiger partial charge in [0.2, 0.25) is 0 Å². The van der Waals surface area contributed by atoms with Crippen molar-refractivity contribution in [1.82, 2.24) is 10.2 Å². The molecule has 0 spiro atoms. The number of carbonyl (C=O) groups excluding carboxylic acids is 2. The second-order valence-electron chi connectivity index (χ2n) is 7.15. The third-order valence-electron chi connectivity index (χ3n) is 5.02. The van der Waals surface area contributed by atoms with Crippen LogP contribution in [0.15, 0.2) is 48.5 Å². The van der Waals surface area contributed by atoms with Crippen molar-refractivity contribution in [2.24, 2.45) is 0 Å². The molecule has 2 aromatic rings. The highest BCUT2D eigenvalue weighted by atomic mass is 19.1. The Morgan fingerprint density at radius 2 is 1.77 bits per heavy atom. The van der Waals surface area contributed by atoms with Gasteiger partial charge in [0.1, 0.15) is 5.82 Å². The van der Waals surface area contributed by atoms with Crippen molar-refractivity contribution in [2.45, 2.75) is 6.42 Å². The number of rotatable bonds is 7. The predicted octanol–water partition coefficient (Wildman–Crippen LogP) is 2.00. The predicted molar refractivity (Wildman–Crippen MR) is 114 cm³/mol. The normalized spacial score (nSPS) is 14.2. The highest BCUT2D eigenvalue weighted by molar-refractivity contribution is 6.39. The summed E-state index contributed by atoms with van der Waals surface area (Å²) in [6, 6.07) is 12.1. The highest BCUT2D eigenvalue weighted by Crippen LogP contribution is 2.20. The Kier molecular flexibility index (Phi) is 7.50. The van der Waals surface area contributed by atoms with Crippen molar-refractivity contribution in [3.05, 3.63) is 64.5 Å². The van der Waals surface area contributed by atoms with Crippen molar-refractivity contribution in [3.8, 4) is 0 Å². The number of para-hydroxylation sites is 1. The molecule has 1 saturated heterocycles. The van der Waals surface area contributed by atoms with Gasteiger partial charge in [0.05, 0.1) is 10.6 Å². The van der Waals surface area contributed by atoms with Gasteiger partial charge in [-0.3, -0.25) is 24.6 Å². The van der Waals surface area contributed by atoms with Crippen LogP contribution in [-0.4, -0.2) is 60.9 Å². The summed E-state index contributed by atoms with van der Waals surface area (Å²) in [5.74, 6) is -1.89. The van der Waals surface area contributed by atoms with Crippen molar-refractivity contribution < 1.29 is 18.9 Å². The minimum atomic E-state index is -0.876. The van der Waals surface area contributed by atoms with Gasteiger partial charge >= 0.3 is 11.8 Å². The molecule has 2 aromatic carbocycles. The minimum Gasteiger partial charge on any atom is -0.367 e. The number of non-ortho nitro benzene ring substituents is 1. The Morgan fingerprint density at radius 1 is 1.03 bits per heavy atom. The second-order valence-corrected chi connectivity index (χ2v) is 7.15. The van der Waals surface area contributed by atoms with Gasteiger partial charge in [-0.05, 0) is 31.2 Å². The average Bonchev–Trinajstić information content (AvgIpc) is 2.77. The summed E-state index contributed by atoms with van der Waals surface area (Å²) >= 11 is 0. The van der Waals surface area contributed by atoms with Crippen LogP contribution < -0.4 is 15.5 Å². The third kappa shape index (κ3) is 6.22. The van der Waals surface area contributed by atoms with Crippen LogP contribution in [0.5, 0.6) is 0 Å². The van der Waals surface area contributed by atoms with E-state index in [1.54, 1.807) is 12.1 Å². The van der Waals surface area contributed by atoms with Gasteiger partial charge in [0, 0.05) is 50.5 Å². The van der Waals surface area contributed by atoms with Crippen molar-refractivity contribution in [2.75, 3.05) is 49.5 Å². The minimum absolute atomic E-state index is 0.173. The van der Waals surface area contributed by atoms with Crippen LogP contribution in [0.1, 0.15) is 6.42 Å². The van der Waals surface area contributed by atoms with E-state index in [0.717, 1.165) is 32.7 Å². The molecule has 1 aliphatic rings. The number of nitrogens with zero attached hydrogens (tertiary/aromatic N) is 3. The third-order valence-corrected chi connectivity index (χ3v) is 5.02. The molecule has 3 rings (SSSR count). The zero-order chi connectivity index (χ0) is 22.2. The lowest BCUT2D eigenvalue weighted by Crippen LogP contribution is -2.47. The molecule has 1 fully saturated rings. The van der Waals surface area contributed by atoms with Crippen molar-refractivity contribution in [3.63, 3.8) is 0 Å². The van der Waals surface area contributed by atoms with Gasteiger partial charge in [-0.15, -0.1) is 0 Å². The summed E-state index contributed by atoms with van der Waals surface area (Å²) in [5, 5.41) is 15.7. The summed E-state index contributed by atoms with van der Waals surface area (Å²) in [6.45, 7) is 4.09. The molecule has 10 heteroatoms. The molecule has 0 atom stereocenters. The maximum absolute atomic E-state index is 13.9. The molecule has 1 aliphatic heterocycles. The molecule has 0 aromatic heterocycles. The van der Waals surface area contributed by atoms with E-state index in [0.29, 0.717) is 18.7 Å². The standard InChI is InChI=1S/C21H24FN5O4/c22-18-7-1-2-8-19(18)26-13-11-25(12-14-26)10-4-9-23-20(28)21(29)24-16-5-3-6-17(15-16)27(30)31/h1-3,5-8,15H,4,9-14H2,(H,23,28)(H,24,29). The molecule has 2 N–H and O–H groups in total. The Bertz CT molecular complexity index is 947. The maximum Gasteiger partial charge on any atom is 0.313 e. The van der Waals surface area contributed by atoms with Crippen LogP contribution in [-0.2, 0) is 9.59 Å². The van der Waals surface area contributed by atoms with Crippen LogP contribution >= 0.6 is 0 Å². The molecule has 9 nitrogen and oxygen atoms in total. The van der Waals surface area contributed by atoms with E-state index in [1.807, 2.05) is 11.0 Å².